The molecule has 0 spiro atoms. The molecule has 0 N–H and O–H groups in total. The summed E-state index contributed by atoms with van der Waals surface area (Å²) < 4.78 is 8.14. The number of piperidine rings is 1. The molecule has 0 aromatic carbocycles. The van der Waals surface area contributed by atoms with Crippen LogP contribution in [-0.4, -0.2) is 52.6 Å². The van der Waals surface area contributed by atoms with Gasteiger partial charge in [-0.05, 0) is 50.7 Å². The molecule has 1 aromatic heterocycles. The van der Waals surface area contributed by atoms with Crippen LogP contribution in [-0.2, 0) is 11.3 Å². The number of anilines is 1. The lowest BCUT2D eigenvalue weighted by Crippen LogP contribution is -2.37. The fourth-order valence-corrected chi connectivity index (χ4v) is 4.49. The second kappa shape index (κ2) is 7.01. The first kappa shape index (κ1) is 15.8. The minimum Gasteiger partial charge on any atom is -0.381 e. The Morgan fingerprint density at radius 3 is 2.61 bits per heavy atom. The van der Waals surface area contributed by atoms with Crippen LogP contribution < -0.4 is 4.90 Å². The van der Waals surface area contributed by atoms with E-state index in [-0.39, 0.29) is 0 Å². The van der Waals surface area contributed by atoms with Crippen LogP contribution in [0.2, 0.25) is 0 Å². The number of rotatable bonds is 5. The van der Waals surface area contributed by atoms with Crippen molar-refractivity contribution in [3.05, 3.63) is 5.82 Å². The van der Waals surface area contributed by atoms with Crippen LogP contribution in [0.3, 0.4) is 0 Å². The van der Waals surface area contributed by atoms with Gasteiger partial charge in [-0.1, -0.05) is 0 Å². The van der Waals surface area contributed by atoms with Crippen LogP contribution in [0, 0.1) is 5.92 Å². The summed E-state index contributed by atoms with van der Waals surface area (Å²) in [7, 11) is 0. The lowest BCUT2D eigenvalue weighted by atomic mass is 10.0. The SMILES string of the molecule is CSC1CCN(c2nnc(C3CCCOC3)n2CC2CC2)CC1. The van der Waals surface area contributed by atoms with Gasteiger partial charge in [0.2, 0.25) is 5.95 Å². The van der Waals surface area contributed by atoms with E-state index in [9.17, 15) is 0 Å². The van der Waals surface area contributed by atoms with Crippen molar-refractivity contribution in [3.63, 3.8) is 0 Å². The molecule has 1 aromatic rings. The Labute approximate surface area is 143 Å². The van der Waals surface area contributed by atoms with Crippen LogP contribution in [0.15, 0.2) is 0 Å². The van der Waals surface area contributed by atoms with E-state index in [1.807, 2.05) is 11.8 Å². The van der Waals surface area contributed by atoms with E-state index in [0.29, 0.717) is 5.92 Å². The maximum atomic E-state index is 5.70. The number of hydrogen-bond donors (Lipinski definition) is 0. The van der Waals surface area contributed by atoms with Gasteiger partial charge in [-0.2, -0.15) is 11.8 Å². The number of ether oxygens (including phenoxy) is 1. The molecule has 3 fully saturated rings. The molecule has 5 nitrogen and oxygen atoms in total. The first-order valence-electron chi connectivity index (χ1n) is 9.13. The summed E-state index contributed by atoms with van der Waals surface area (Å²) in [5.74, 6) is 3.58. The van der Waals surface area contributed by atoms with Crippen LogP contribution in [0.25, 0.3) is 0 Å². The number of aromatic nitrogens is 3. The molecule has 6 heteroatoms. The zero-order chi connectivity index (χ0) is 15.6. The zero-order valence-corrected chi connectivity index (χ0v) is 14.9. The largest absolute Gasteiger partial charge is 0.381 e. The molecular formula is C17H28N4OS. The summed E-state index contributed by atoms with van der Waals surface area (Å²) in [5, 5.41) is 10.1. The van der Waals surface area contributed by atoms with Crippen LogP contribution in [0.4, 0.5) is 5.95 Å². The molecule has 3 heterocycles. The average molecular weight is 337 g/mol. The van der Waals surface area contributed by atoms with Gasteiger partial charge in [0, 0.05) is 37.4 Å². The molecule has 0 amide bonds. The molecule has 1 atom stereocenters. The van der Waals surface area contributed by atoms with Crippen molar-refractivity contribution < 1.29 is 4.74 Å². The van der Waals surface area contributed by atoms with Crippen molar-refractivity contribution >= 4 is 17.7 Å². The molecule has 3 aliphatic rings. The Bertz CT molecular complexity index is 517. The van der Waals surface area contributed by atoms with Crippen molar-refractivity contribution in [1.82, 2.24) is 14.8 Å². The molecule has 23 heavy (non-hydrogen) atoms. The average Bonchev–Trinajstić information content (AvgIpc) is 3.33. The zero-order valence-electron chi connectivity index (χ0n) is 14.1. The first-order valence-corrected chi connectivity index (χ1v) is 10.4. The van der Waals surface area contributed by atoms with Gasteiger partial charge in [-0.25, -0.2) is 0 Å². The summed E-state index contributed by atoms with van der Waals surface area (Å²) in [6.07, 6.45) is 9.84. The van der Waals surface area contributed by atoms with Gasteiger partial charge in [-0.3, -0.25) is 4.57 Å². The predicted octanol–water partition coefficient (Wildman–Crippen LogP) is 2.91. The van der Waals surface area contributed by atoms with E-state index in [4.69, 9.17) is 4.74 Å². The smallest absolute Gasteiger partial charge is 0.227 e. The highest BCUT2D eigenvalue weighted by atomic mass is 32.2. The summed E-state index contributed by atoms with van der Waals surface area (Å²) in [4.78, 5) is 2.47. The highest BCUT2D eigenvalue weighted by Gasteiger charge is 2.31. The predicted molar refractivity (Wildman–Crippen MR) is 94.3 cm³/mol. The number of thioether (sulfide) groups is 1. The monoisotopic (exact) mass is 336 g/mol. The van der Waals surface area contributed by atoms with Gasteiger partial charge in [-0.15, -0.1) is 10.2 Å². The molecule has 128 valence electrons. The maximum absolute atomic E-state index is 5.70. The molecule has 1 unspecified atom stereocenters. The standard InChI is InChI=1S/C17H28N4OS/c1-23-15-6-8-20(9-7-15)17-19-18-16(14-3-2-10-22-12-14)21(17)11-13-4-5-13/h13-15H,2-12H2,1H3. The third kappa shape index (κ3) is 3.53. The third-order valence-electron chi connectivity index (χ3n) is 5.48. The first-order chi connectivity index (χ1) is 11.3. The molecule has 2 aliphatic heterocycles. The van der Waals surface area contributed by atoms with Gasteiger partial charge < -0.3 is 9.64 Å². The fraction of sp³-hybridized carbons (Fsp3) is 0.882. The van der Waals surface area contributed by atoms with Crippen molar-refractivity contribution in [3.8, 4) is 0 Å². The summed E-state index contributed by atoms with van der Waals surface area (Å²) in [5.41, 5.74) is 0. The van der Waals surface area contributed by atoms with Gasteiger partial charge in [0.05, 0.1) is 6.61 Å². The lowest BCUT2D eigenvalue weighted by Gasteiger charge is -2.32. The van der Waals surface area contributed by atoms with Gasteiger partial charge in [0.15, 0.2) is 0 Å². The van der Waals surface area contributed by atoms with E-state index in [2.05, 4.69) is 25.9 Å². The molecule has 0 bridgehead atoms. The minimum absolute atomic E-state index is 0.437. The Kier molecular flexibility index (Phi) is 4.80. The van der Waals surface area contributed by atoms with Crippen LogP contribution >= 0.6 is 11.8 Å². The normalized spacial score (nSPS) is 26.7. The van der Waals surface area contributed by atoms with Crippen LogP contribution in [0.1, 0.15) is 50.3 Å². The Morgan fingerprint density at radius 1 is 1.13 bits per heavy atom. The summed E-state index contributed by atoms with van der Waals surface area (Å²) >= 11 is 2.01. The quantitative estimate of drug-likeness (QED) is 0.827. The topological polar surface area (TPSA) is 43.2 Å². The second-order valence-electron chi connectivity index (χ2n) is 7.25. The molecule has 1 aliphatic carbocycles. The molecule has 0 radical (unpaired) electrons. The molecule has 4 rings (SSSR count). The number of nitrogens with zero attached hydrogens (tertiary/aromatic N) is 4. The minimum atomic E-state index is 0.437. The van der Waals surface area contributed by atoms with Crippen molar-refractivity contribution in [2.45, 2.75) is 56.2 Å². The Morgan fingerprint density at radius 2 is 1.96 bits per heavy atom. The van der Waals surface area contributed by atoms with Gasteiger partial charge >= 0.3 is 0 Å². The Hall–Kier alpha value is -0.750. The van der Waals surface area contributed by atoms with E-state index in [0.717, 1.165) is 56.4 Å². The van der Waals surface area contributed by atoms with E-state index in [1.54, 1.807) is 0 Å². The van der Waals surface area contributed by atoms with Crippen molar-refractivity contribution in [2.75, 3.05) is 37.5 Å². The lowest BCUT2D eigenvalue weighted by molar-refractivity contribution is 0.0768. The van der Waals surface area contributed by atoms with Crippen LogP contribution in [0.5, 0.6) is 0 Å². The van der Waals surface area contributed by atoms with E-state index < -0.39 is 0 Å². The number of hydrogen-bond acceptors (Lipinski definition) is 5. The molecular weight excluding hydrogens is 308 g/mol. The highest BCUT2D eigenvalue weighted by molar-refractivity contribution is 7.99. The Balaban J connectivity index is 1.54. The maximum Gasteiger partial charge on any atom is 0.227 e. The molecule has 2 saturated heterocycles. The van der Waals surface area contributed by atoms with Gasteiger partial charge in [0.25, 0.3) is 0 Å². The van der Waals surface area contributed by atoms with Crippen molar-refractivity contribution in [1.29, 1.82) is 0 Å². The summed E-state index contributed by atoms with van der Waals surface area (Å²) in [6.45, 7) is 5.07. The highest BCUT2D eigenvalue weighted by Crippen LogP contribution is 2.35. The third-order valence-corrected chi connectivity index (χ3v) is 6.62. The van der Waals surface area contributed by atoms with Gasteiger partial charge in [0.1, 0.15) is 5.82 Å². The van der Waals surface area contributed by atoms with E-state index >= 15 is 0 Å². The van der Waals surface area contributed by atoms with Crippen molar-refractivity contribution in [2.24, 2.45) is 5.92 Å². The summed E-state index contributed by atoms with van der Waals surface area (Å²) in [6, 6.07) is 0. The van der Waals surface area contributed by atoms with E-state index in [1.165, 1.54) is 37.9 Å². The molecule has 1 saturated carbocycles. The fourth-order valence-electron chi connectivity index (χ4n) is 3.81. The second-order valence-corrected chi connectivity index (χ2v) is 8.39.